The molecule has 0 aliphatic heterocycles. The third-order valence-corrected chi connectivity index (χ3v) is 3.17. The van der Waals surface area contributed by atoms with Crippen molar-refractivity contribution in [3.63, 3.8) is 0 Å². The minimum atomic E-state index is -0.135. The van der Waals surface area contributed by atoms with Crippen LogP contribution in [0.5, 0.6) is 0 Å². The lowest BCUT2D eigenvalue weighted by molar-refractivity contribution is 0.102. The molecule has 5 heteroatoms. The van der Waals surface area contributed by atoms with Gasteiger partial charge in [-0.15, -0.1) is 11.6 Å². The molecule has 19 heavy (non-hydrogen) atoms. The van der Waals surface area contributed by atoms with E-state index in [9.17, 15) is 4.79 Å². The van der Waals surface area contributed by atoms with Crippen molar-refractivity contribution in [2.75, 3.05) is 5.32 Å². The van der Waals surface area contributed by atoms with Gasteiger partial charge in [-0.2, -0.15) is 5.10 Å². The molecule has 0 saturated heterocycles. The third-order valence-electron chi connectivity index (χ3n) is 2.86. The summed E-state index contributed by atoms with van der Waals surface area (Å²) in [6.45, 7) is 2.01. The lowest BCUT2D eigenvalue weighted by Gasteiger charge is -2.05. The summed E-state index contributed by atoms with van der Waals surface area (Å²) in [5.41, 5.74) is 3.25. The van der Waals surface area contributed by atoms with Crippen LogP contribution in [0.15, 0.2) is 30.5 Å². The Morgan fingerprint density at radius 2 is 2.05 bits per heavy atom. The van der Waals surface area contributed by atoms with Gasteiger partial charge in [0.25, 0.3) is 5.91 Å². The zero-order valence-electron chi connectivity index (χ0n) is 11.0. The maximum absolute atomic E-state index is 12.1. The van der Waals surface area contributed by atoms with E-state index in [2.05, 4.69) is 10.4 Å². The number of aromatic nitrogens is 2. The molecule has 0 fully saturated rings. The van der Waals surface area contributed by atoms with Gasteiger partial charge in [0.1, 0.15) is 0 Å². The minimum Gasteiger partial charge on any atom is -0.319 e. The number of benzene rings is 1. The van der Waals surface area contributed by atoms with E-state index in [-0.39, 0.29) is 5.91 Å². The fourth-order valence-electron chi connectivity index (χ4n) is 1.84. The van der Waals surface area contributed by atoms with Crippen molar-refractivity contribution in [2.24, 2.45) is 7.05 Å². The Kier molecular flexibility index (Phi) is 4.22. The van der Waals surface area contributed by atoms with E-state index in [1.807, 2.05) is 32.3 Å². The number of anilines is 1. The van der Waals surface area contributed by atoms with Gasteiger partial charge < -0.3 is 5.32 Å². The number of hydrogen-bond acceptors (Lipinski definition) is 2. The van der Waals surface area contributed by atoms with Crippen LogP contribution < -0.4 is 5.32 Å². The minimum absolute atomic E-state index is 0.135. The Morgan fingerprint density at radius 3 is 2.63 bits per heavy atom. The molecule has 100 valence electrons. The summed E-state index contributed by atoms with van der Waals surface area (Å²) in [6.07, 6.45) is 2.59. The van der Waals surface area contributed by atoms with Gasteiger partial charge in [0, 0.05) is 24.7 Å². The number of halogens is 1. The van der Waals surface area contributed by atoms with E-state index < -0.39 is 0 Å². The Balaban J connectivity index is 2.15. The number of nitrogens with one attached hydrogen (secondary N) is 1. The van der Waals surface area contributed by atoms with E-state index in [0.717, 1.165) is 23.4 Å². The van der Waals surface area contributed by atoms with Crippen molar-refractivity contribution in [2.45, 2.75) is 19.2 Å². The normalized spacial score (nSPS) is 10.5. The zero-order chi connectivity index (χ0) is 13.8. The molecule has 2 aromatic rings. The first kappa shape index (κ1) is 13.6. The highest BCUT2D eigenvalue weighted by Gasteiger charge is 2.11. The highest BCUT2D eigenvalue weighted by molar-refractivity contribution is 6.17. The number of nitrogens with zero attached hydrogens (tertiary/aromatic N) is 2. The van der Waals surface area contributed by atoms with Crippen molar-refractivity contribution in [3.05, 3.63) is 47.3 Å². The molecule has 0 aliphatic carbocycles. The van der Waals surface area contributed by atoms with E-state index in [4.69, 9.17) is 11.6 Å². The zero-order valence-corrected chi connectivity index (χ0v) is 11.7. The lowest BCUT2D eigenvalue weighted by atomic mass is 10.1. The molecule has 0 bridgehead atoms. The number of carbonyl (C=O) groups is 1. The number of rotatable bonds is 4. The van der Waals surface area contributed by atoms with Crippen LogP contribution >= 0.6 is 11.6 Å². The topological polar surface area (TPSA) is 46.9 Å². The van der Waals surface area contributed by atoms with Crippen LogP contribution in [0.3, 0.4) is 0 Å². The van der Waals surface area contributed by atoms with Gasteiger partial charge in [0.05, 0.1) is 11.4 Å². The van der Waals surface area contributed by atoms with Crippen LogP contribution in [-0.2, 0) is 19.3 Å². The molecular formula is C14H16ClN3O. The third kappa shape index (κ3) is 3.15. The monoisotopic (exact) mass is 277 g/mol. The van der Waals surface area contributed by atoms with Crippen molar-refractivity contribution < 1.29 is 4.79 Å². The summed E-state index contributed by atoms with van der Waals surface area (Å²) in [7, 11) is 1.84. The average Bonchev–Trinajstić information content (AvgIpc) is 2.78. The Bertz CT molecular complexity index is 575. The van der Waals surface area contributed by atoms with Gasteiger partial charge in [-0.3, -0.25) is 9.48 Å². The molecule has 1 aromatic heterocycles. The first-order valence-electron chi connectivity index (χ1n) is 6.12. The summed E-state index contributed by atoms with van der Waals surface area (Å²) >= 11 is 5.72. The smallest absolute Gasteiger partial charge is 0.255 e. The molecule has 2 rings (SSSR count). The van der Waals surface area contributed by atoms with Crippen LogP contribution in [0, 0.1) is 0 Å². The van der Waals surface area contributed by atoms with Crippen LogP contribution in [-0.4, -0.2) is 15.7 Å². The Hall–Kier alpha value is -1.81. The average molecular weight is 278 g/mol. The van der Waals surface area contributed by atoms with E-state index >= 15 is 0 Å². The van der Waals surface area contributed by atoms with Crippen molar-refractivity contribution in [3.8, 4) is 0 Å². The highest BCUT2D eigenvalue weighted by atomic mass is 35.5. The number of carbonyl (C=O) groups excluding carboxylic acids is 1. The number of hydrogen-bond donors (Lipinski definition) is 1. The van der Waals surface area contributed by atoms with Gasteiger partial charge in [-0.1, -0.05) is 19.1 Å². The van der Waals surface area contributed by atoms with Gasteiger partial charge in [0.15, 0.2) is 0 Å². The highest BCUT2D eigenvalue weighted by Crippen LogP contribution is 2.15. The van der Waals surface area contributed by atoms with Crippen molar-refractivity contribution >= 4 is 23.2 Å². The van der Waals surface area contributed by atoms with Crippen LogP contribution in [0.25, 0.3) is 0 Å². The second kappa shape index (κ2) is 5.89. The fraction of sp³-hybridized carbons (Fsp3) is 0.286. The predicted molar refractivity (Wildman–Crippen MR) is 76.5 cm³/mol. The number of amides is 1. The van der Waals surface area contributed by atoms with E-state index in [1.165, 1.54) is 0 Å². The predicted octanol–water partition coefficient (Wildman–Crippen LogP) is 2.97. The fourth-order valence-corrected chi connectivity index (χ4v) is 2.02. The molecule has 0 radical (unpaired) electrons. The standard InChI is InChI=1S/C14H16ClN3O/c1-3-12-13(9-18(2)17-12)16-14(19)11-6-4-10(8-15)5-7-11/h4-7,9H,3,8H2,1-2H3,(H,16,19). The summed E-state index contributed by atoms with van der Waals surface area (Å²) in [4.78, 5) is 12.1. The molecule has 4 nitrogen and oxygen atoms in total. The maximum Gasteiger partial charge on any atom is 0.255 e. The van der Waals surface area contributed by atoms with Gasteiger partial charge >= 0.3 is 0 Å². The Morgan fingerprint density at radius 1 is 1.37 bits per heavy atom. The van der Waals surface area contributed by atoms with Gasteiger partial charge in [-0.25, -0.2) is 0 Å². The van der Waals surface area contributed by atoms with Crippen LogP contribution in [0.1, 0.15) is 28.5 Å². The summed E-state index contributed by atoms with van der Waals surface area (Å²) in [5.74, 6) is 0.314. The van der Waals surface area contributed by atoms with Gasteiger partial charge in [-0.05, 0) is 24.1 Å². The lowest BCUT2D eigenvalue weighted by Crippen LogP contribution is -2.12. The van der Waals surface area contributed by atoms with Crippen LogP contribution in [0.4, 0.5) is 5.69 Å². The first-order chi connectivity index (χ1) is 9.13. The first-order valence-corrected chi connectivity index (χ1v) is 6.66. The van der Waals surface area contributed by atoms with Crippen molar-refractivity contribution in [1.82, 2.24) is 9.78 Å². The second-order valence-corrected chi connectivity index (χ2v) is 4.57. The van der Waals surface area contributed by atoms with E-state index in [0.29, 0.717) is 11.4 Å². The molecule has 1 N–H and O–H groups in total. The molecule has 1 aromatic carbocycles. The van der Waals surface area contributed by atoms with Crippen LogP contribution in [0.2, 0.25) is 0 Å². The largest absolute Gasteiger partial charge is 0.319 e. The molecule has 1 amide bonds. The van der Waals surface area contributed by atoms with E-state index in [1.54, 1.807) is 16.8 Å². The SMILES string of the molecule is CCc1nn(C)cc1NC(=O)c1ccc(CCl)cc1. The molecule has 0 saturated carbocycles. The molecule has 0 spiro atoms. The number of alkyl halides is 1. The second-order valence-electron chi connectivity index (χ2n) is 4.30. The molecule has 0 atom stereocenters. The quantitative estimate of drug-likeness (QED) is 0.874. The molecule has 0 aliphatic rings. The molecular weight excluding hydrogens is 262 g/mol. The summed E-state index contributed by atoms with van der Waals surface area (Å²) in [5, 5.41) is 7.17. The summed E-state index contributed by atoms with van der Waals surface area (Å²) < 4.78 is 1.70. The number of aryl methyl sites for hydroxylation is 2. The van der Waals surface area contributed by atoms with Crippen molar-refractivity contribution in [1.29, 1.82) is 0 Å². The Labute approximate surface area is 117 Å². The molecule has 1 heterocycles. The summed E-state index contributed by atoms with van der Waals surface area (Å²) in [6, 6.07) is 7.25. The van der Waals surface area contributed by atoms with Gasteiger partial charge in [0.2, 0.25) is 0 Å². The maximum atomic E-state index is 12.1. The molecule has 0 unspecified atom stereocenters.